The first-order valence-corrected chi connectivity index (χ1v) is 11.9. The van der Waals surface area contributed by atoms with Crippen molar-refractivity contribution in [2.24, 2.45) is 11.8 Å². The van der Waals surface area contributed by atoms with Gasteiger partial charge >= 0.3 is 0 Å². The smallest absolute Gasteiger partial charge is 0.170 e. The van der Waals surface area contributed by atoms with Gasteiger partial charge in [0.15, 0.2) is 17.1 Å². The lowest BCUT2D eigenvalue weighted by Gasteiger charge is -2.23. The van der Waals surface area contributed by atoms with Crippen LogP contribution in [-0.4, -0.2) is 60.0 Å². The predicted octanol–water partition coefficient (Wildman–Crippen LogP) is 3.90. The third-order valence-corrected chi connectivity index (χ3v) is 6.02. The standard InChI is InChI=1S/C27H32O10/c1-11(2)5-15(30)22-17(32)9-19(34)25(26(22)36)24(20(35)10-28)21-7-13-14(29)8-18(33)23(27(13)37-21)16(31)6-12(3)4/h7-9,11-12,20,24,28-29,32-36H,5-6,10H2,1-4H3/t20-,24-/m0/s1. The van der Waals surface area contributed by atoms with Crippen molar-refractivity contribution in [2.75, 3.05) is 6.61 Å². The highest BCUT2D eigenvalue weighted by Crippen LogP contribution is 2.48. The molecule has 3 aromatic rings. The van der Waals surface area contributed by atoms with Crippen molar-refractivity contribution in [3.63, 3.8) is 0 Å². The van der Waals surface area contributed by atoms with Gasteiger partial charge < -0.3 is 40.2 Å². The molecule has 3 rings (SSSR count). The summed E-state index contributed by atoms with van der Waals surface area (Å²) in [5.74, 6) is -6.09. The van der Waals surface area contributed by atoms with Gasteiger partial charge in [-0.3, -0.25) is 9.59 Å². The number of fused-ring (bicyclic) bond motifs is 1. The maximum atomic E-state index is 12.9. The molecule has 0 amide bonds. The zero-order valence-corrected chi connectivity index (χ0v) is 21.0. The second-order valence-electron chi connectivity index (χ2n) is 10.0. The molecule has 2 aromatic carbocycles. The van der Waals surface area contributed by atoms with Crippen molar-refractivity contribution in [3.8, 4) is 28.7 Å². The van der Waals surface area contributed by atoms with Gasteiger partial charge in [-0.1, -0.05) is 27.7 Å². The molecule has 10 heteroatoms. The highest BCUT2D eigenvalue weighted by molar-refractivity contribution is 6.10. The maximum Gasteiger partial charge on any atom is 0.170 e. The third kappa shape index (κ3) is 5.35. The lowest BCUT2D eigenvalue weighted by atomic mass is 9.86. The van der Waals surface area contributed by atoms with Gasteiger partial charge in [-0.2, -0.15) is 0 Å². The summed E-state index contributed by atoms with van der Waals surface area (Å²) in [5, 5.41) is 73.3. The van der Waals surface area contributed by atoms with E-state index in [4.69, 9.17) is 4.42 Å². The molecular formula is C27H32O10. The summed E-state index contributed by atoms with van der Waals surface area (Å²) in [5.41, 5.74) is -1.27. The average molecular weight is 517 g/mol. The second kappa shape index (κ2) is 10.7. The van der Waals surface area contributed by atoms with Crippen LogP contribution in [0.4, 0.5) is 0 Å². The Morgan fingerprint density at radius 2 is 1.30 bits per heavy atom. The van der Waals surface area contributed by atoms with Gasteiger partial charge in [0.05, 0.1) is 24.0 Å². The first-order chi connectivity index (χ1) is 17.3. The van der Waals surface area contributed by atoms with E-state index in [1.807, 2.05) is 13.8 Å². The molecule has 0 aliphatic rings. The van der Waals surface area contributed by atoms with E-state index in [1.54, 1.807) is 13.8 Å². The van der Waals surface area contributed by atoms with Crippen molar-refractivity contribution in [1.29, 1.82) is 0 Å². The van der Waals surface area contributed by atoms with Gasteiger partial charge in [-0.25, -0.2) is 0 Å². The number of hydrogen-bond acceptors (Lipinski definition) is 10. The number of ketones is 2. The number of rotatable bonds is 10. The summed E-state index contributed by atoms with van der Waals surface area (Å²) in [4.78, 5) is 25.6. The molecule has 0 spiro atoms. The van der Waals surface area contributed by atoms with E-state index in [0.717, 1.165) is 12.1 Å². The number of aliphatic hydroxyl groups excluding tert-OH is 2. The van der Waals surface area contributed by atoms with Crippen LogP contribution in [0.25, 0.3) is 11.0 Å². The topological polar surface area (TPSA) is 189 Å². The fraction of sp³-hybridized carbons (Fsp3) is 0.407. The Morgan fingerprint density at radius 3 is 1.84 bits per heavy atom. The van der Waals surface area contributed by atoms with Crippen LogP contribution in [0.2, 0.25) is 0 Å². The van der Waals surface area contributed by atoms with E-state index in [9.17, 15) is 45.3 Å². The Morgan fingerprint density at radius 1 is 0.784 bits per heavy atom. The van der Waals surface area contributed by atoms with Crippen molar-refractivity contribution in [3.05, 3.63) is 40.6 Å². The highest BCUT2D eigenvalue weighted by Gasteiger charge is 2.36. The summed E-state index contributed by atoms with van der Waals surface area (Å²) in [6.45, 7) is 6.28. The molecule has 0 fully saturated rings. The minimum absolute atomic E-state index is 0.00362. The van der Waals surface area contributed by atoms with Gasteiger partial charge in [-0.15, -0.1) is 0 Å². The van der Waals surface area contributed by atoms with Gasteiger partial charge in [-0.05, 0) is 17.9 Å². The van der Waals surface area contributed by atoms with Crippen molar-refractivity contribution >= 4 is 22.5 Å². The number of carbonyl (C=O) groups is 2. The minimum atomic E-state index is -1.69. The van der Waals surface area contributed by atoms with Gasteiger partial charge in [0.25, 0.3) is 0 Å². The summed E-state index contributed by atoms with van der Waals surface area (Å²) >= 11 is 0. The summed E-state index contributed by atoms with van der Waals surface area (Å²) in [6, 6.07) is 3.05. The molecule has 1 aromatic heterocycles. The zero-order valence-electron chi connectivity index (χ0n) is 21.0. The number of furan rings is 1. The van der Waals surface area contributed by atoms with Crippen LogP contribution in [0.3, 0.4) is 0 Å². The largest absolute Gasteiger partial charge is 0.507 e. The highest BCUT2D eigenvalue weighted by atomic mass is 16.4. The lowest BCUT2D eigenvalue weighted by Crippen LogP contribution is -2.24. The Labute approximate surface area is 213 Å². The Bertz CT molecular complexity index is 1340. The fourth-order valence-electron chi connectivity index (χ4n) is 4.42. The average Bonchev–Trinajstić information content (AvgIpc) is 3.19. The lowest BCUT2D eigenvalue weighted by molar-refractivity contribution is 0.0758. The van der Waals surface area contributed by atoms with Crippen LogP contribution < -0.4 is 0 Å². The van der Waals surface area contributed by atoms with E-state index >= 15 is 0 Å². The van der Waals surface area contributed by atoms with Gasteiger partial charge in [0.2, 0.25) is 0 Å². The van der Waals surface area contributed by atoms with E-state index in [2.05, 4.69) is 0 Å². The number of aliphatic hydroxyl groups is 2. The molecular weight excluding hydrogens is 484 g/mol. The molecule has 0 saturated carbocycles. The molecule has 0 aliphatic carbocycles. The Kier molecular flexibility index (Phi) is 8.04. The molecule has 0 bridgehead atoms. The number of phenols is 5. The summed E-state index contributed by atoms with van der Waals surface area (Å²) < 4.78 is 5.83. The quantitative estimate of drug-likeness (QED) is 0.195. The zero-order chi connectivity index (χ0) is 27.8. The van der Waals surface area contributed by atoms with Gasteiger partial charge in [0, 0.05) is 30.5 Å². The van der Waals surface area contributed by atoms with E-state index < -0.39 is 70.1 Å². The van der Waals surface area contributed by atoms with E-state index in [-0.39, 0.29) is 47.0 Å². The molecule has 0 radical (unpaired) electrons. The molecule has 1 heterocycles. The third-order valence-electron chi connectivity index (χ3n) is 6.02. The minimum Gasteiger partial charge on any atom is -0.507 e. The molecule has 7 N–H and O–H groups in total. The van der Waals surface area contributed by atoms with Crippen LogP contribution in [0, 0.1) is 11.8 Å². The predicted molar refractivity (Wildman–Crippen MR) is 133 cm³/mol. The van der Waals surface area contributed by atoms with Crippen LogP contribution in [0.1, 0.15) is 78.5 Å². The molecule has 0 unspecified atom stereocenters. The monoisotopic (exact) mass is 516 g/mol. The normalized spacial score (nSPS) is 13.4. The Hall–Kier alpha value is -3.76. The number of Topliss-reactive ketones (excluding diaryl/α,β-unsaturated/α-hetero) is 2. The van der Waals surface area contributed by atoms with Crippen LogP contribution in [0.15, 0.2) is 22.6 Å². The summed E-state index contributed by atoms with van der Waals surface area (Å²) in [7, 11) is 0. The molecule has 2 atom stereocenters. The molecule has 200 valence electrons. The van der Waals surface area contributed by atoms with Crippen LogP contribution >= 0.6 is 0 Å². The van der Waals surface area contributed by atoms with Crippen molar-refractivity contribution < 1.29 is 49.8 Å². The van der Waals surface area contributed by atoms with Gasteiger partial charge in [0.1, 0.15) is 45.6 Å². The molecule has 37 heavy (non-hydrogen) atoms. The number of aromatic hydroxyl groups is 5. The Balaban J connectivity index is 2.30. The second-order valence-corrected chi connectivity index (χ2v) is 10.0. The van der Waals surface area contributed by atoms with E-state index in [0.29, 0.717) is 0 Å². The van der Waals surface area contributed by atoms with Crippen LogP contribution in [-0.2, 0) is 0 Å². The maximum absolute atomic E-state index is 12.9. The molecule has 0 aliphatic heterocycles. The summed E-state index contributed by atoms with van der Waals surface area (Å²) in [6.07, 6.45) is -1.66. The van der Waals surface area contributed by atoms with Crippen LogP contribution in [0.5, 0.6) is 28.7 Å². The SMILES string of the molecule is CC(C)CC(=O)c1c(O)cc(O)c([C@H](c2cc3c(O)cc(O)c(C(=O)CC(C)C)c3o2)[C@@H](O)CO)c1O. The first-order valence-electron chi connectivity index (χ1n) is 11.9. The van der Waals surface area contributed by atoms with E-state index in [1.165, 1.54) is 6.07 Å². The fourth-order valence-corrected chi connectivity index (χ4v) is 4.42. The molecule has 10 nitrogen and oxygen atoms in total. The van der Waals surface area contributed by atoms with Crippen molar-refractivity contribution in [2.45, 2.75) is 52.6 Å². The number of benzene rings is 2. The first kappa shape index (κ1) is 27.8. The van der Waals surface area contributed by atoms with Crippen molar-refractivity contribution in [1.82, 2.24) is 0 Å². The number of hydrogen-bond donors (Lipinski definition) is 7. The number of phenolic OH excluding ortho intramolecular Hbond substituents is 5. The number of carbonyl (C=O) groups excluding carboxylic acids is 2. The molecule has 0 saturated heterocycles.